The number of benzene rings is 2. The lowest BCUT2D eigenvalue weighted by atomic mass is 9.93. The summed E-state index contributed by atoms with van der Waals surface area (Å²) in [7, 11) is 0. The van der Waals surface area contributed by atoms with Crippen LogP contribution in [-0.4, -0.2) is 64.4 Å². The van der Waals surface area contributed by atoms with Crippen molar-refractivity contribution in [3.8, 4) is 23.0 Å². The molecule has 2 aromatic rings. The SMILES string of the molecule is CC#CCC(NC(=O)OCC1c2ccccc2-c2ccccc21)C(=O)N1CC(O)(C(=O)O)C1. The molecule has 4 rings (SSSR count). The summed E-state index contributed by atoms with van der Waals surface area (Å²) in [4.78, 5) is 37.6. The Labute approximate surface area is 191 Å². The van der Waals surface area contributed by atoms with E-state index in [1.54, 1.807) is 6.92 Å². The number of nitrogens with zero attached hydrogens (tertiary/aromatic N) is 1. The Hall–Kier alpha value is -3.83. The number of nitrogens with one attached hydrogen (secondary N) is 1. The molecule has 0 spiro atoms. The highest BCUT2D eigenvalue weighted by Gasteiger charge is 2.51. The van der Waals surface area contributed by atoms with Gasteiger partial charge in [-0.1, -0.05) is 48.5 Å². The first-order valence-corrected chi connectivity index (χ1v) is 10.6. The summed E-state index contributed by atoms with van der Waals surface area (Å²) in [6.07, 6.45) is -0.719. The van der Waals surface area contributed by atoms with Gasteiger partial charge in [0.1, 0.15) is 12.6 Å². The van der Waals surface area contributed by atoms with Gasteiger partial charge in [0.15, 0.2) is 5.60 Å². The van der Waals surface area contributed by atoms with Crippen LogP contribution in [0, 0.1) is 11.8 Å². The molecule has 1 heterocycles. The molecule has 33 heavy (non-hydrogen) atoms. The lowest BCUT2D eigenvalue weighted by Crippen LogP contribution is -2.69. The van der Waals surface area contributed by atoms with Crippen molar-refractivity contribution >= 4 is 18.0 Å². The predicted octanol–water partition coefficient (Wildman–Crippen LogP) is 1.96. The number of rotatable bonds is 6. The van der Waals surface area contributed by atoms with Gasteiger partial charge in [-0.15, -0.1) is 11.8 Å². The van der Waals surface area contributed by atoms with Crippen LogP contribution in [-0.2, 0) is 14.3 Å². The third kappa shape index (κ3) is 4.28. The van der Waals surface area contributed by atoms with Crippen molar-refractivity contribution in [1.29, 1.82) is 0 Å². The van der Waals surface area contributed by atoms with E-state index in [2.05, 4.69) is 17.2 Å². The van der Waals surface area contributed by atoms with Crippen molar-refractivity contribution in [1.82, 2.24) is 10.2 Å². The highest BCUT2D eigenvalue weighted by atomic mass is 16.5. The minimum atomic E-state index is -1.96. The van der Waals surface area contributed by atoms with Gasteiger partial charge in [0.05, 0.1) is 13.1 Å². The first-order valence-electron chi connectivity index (χ1n) is 10.6. The number of aliphatic carboxylic acids is 1. The van der Waals surface area contributed by atoms with E-state index in [0.29, 0.717) is 0 Å². The summed E-state index contributed by atoms with van der Waals surface area (Å²) in [5.41, 5.74) is 2.41. The average Bonchev–Trinajstić information content (AvgIpc) is 3.11. The molecule has 1 saturated heterocycles. The van der Waals surface area contributed by atoms with E-state index in [1.165, 1.54) is 4.90 Å². The van der Waals surface area contributed by atoms with E-state index >= 15 is 0 Å². The Balaban J connectivity index is 1.41. The summed E-state index contributed by atoms with van der Waals surface area (Å²) >= 11 is 0. The normalized spacial score (nSPS) is 16.4. The van der Waals surface area contributed by atoms with E-state index < -0.39 is 29.6 Å². The number of hydrogen-bond donors (Lipinski definition) is 3. The van der Waals surface area contributed by atoms with E-state index in [9.17, 15) is 19.5 Å². The molecule has 0 saturated carbocycles. The van der Waals surface area contributed by atoms with Crippen LogP contribution in [0.4, 0.5) is 4.79 Å². The van der Waals surface area contributed by atoms with Gasteiger partial charge in [0.25, 0.3) is 0 Å². The zero-order chi connectivity index (χ0) is 23.6. The molecule has 3 N–H and O–H groups in total. The monoisotopic (exact) mass is 448 g/mol. The Bertz CT molecular complexity index is 1110. The molecule has 0 aromatic heterocycles. The molecule has 0 radical (unpaired) electrons. The lowest BCUT2D eigenvalue weighted by Gasteiger charge is -2.44. The van der Waals surface area contributed by atoms with E-state index in [-0.39, 0.29) is 32.0 Å². The van der Waals surface area contributed by atoms with Crippen molar-refractivity contribution < 1.29 is 29.3 Å². The second-order valence-electron chi connectivity index (χ2n) is 8.18. The number of fused-ring (bicyclic) bond motifs is 3. The first-order chi connectivity index (χ1) is 15.8. The molecule has 1 aliphatic carbocycles. The molecular weight excluding hydrogens is 424 g/mol. The van der Waals surface area contributed by atoms with Crippen molar-refractivity contribution in [3.05, 3.63) is 59.7 Å². The molecule has 8 heteroatoms. The highest BCUT2D eigenvalue weighted by molar-refractivity contribution is 5.90. The second-order valence-corrected chi connectivity index (χ2v) is 8.18. The minimum Gasteiger partial charge on any atom is -0.479 e. The third-order valence-corrected chi connectivity index (χ3v) is 6.03. The van der Waals surface area contributed by atoms with Gasteiger partial charge in [-0.3, -0.25) is 4.79 Å². The smallest absolute Gasteiger partial charge is 0.407 e. The molecule has 1 aliphatic heterocycles. The maximum absolute atomic E-state index is 12.7. The Morgan fingerprint density at radius 2 is 1.70 bits per heavy atom. The molecule has 0 bridgehead atoms. The lowest BCUT2D eigenvalue weighted by molar-refractivity contribution is -0.182. The maximum atomic E-state index is 12.7. The number of ether oxygens (including phenoxy) is 1. The zero-order valence-electron chi connectivity index (χ0n) is 18.1. The third-order valence-electron chi connectivity index (χ3n) is 6.03. The Morgan fingerprint density at radius 3 is 2.24 bits per heavy atom. The quantitative estimate of drug-likeness (QED) is 0.582. The molecule has 2 aromatic carbocycles. The van der Waals surface area contributed by atoms with Crippen molar-refractivity contribution in [2.24, 2.45) is 0 Å². The highest BCUT2D eigenvalue weighted by Crippen LogP contribution is 2.44. The zero-order valence-corrected chi connectivity index (χ0v) is 18.1. The van der Waals surface area contributed by atoms with Gasteiger partial charge >= 0.3 is 12.1 Å². The van der Waals surface area contributed by atoms with Gasteiger partial charge in [-0.05, 0) is 29.2 Å². The van der Waals surface area contributed by atoms with E-state index in [4.69, 9.17) is 9.84 Å². The summed E-state index contributed by atoms with van der Waals surface area (Å²) in [6.45, 7) is 1.03. The summed E-state index contributed by atoms with van der Waals surface area (Å²) in [5.74, 6) is 3.41. The number of alkyl carbamates (subject to hydrolysis) is 1. The number of carbonyl (C=O) groups excluding carboxylic acids is 2. The number of likely N-dealkylation sites (tertiary alicyclic amines) is 1. The number of amides is 2. The molecule has 170 valence electrons. The average molecular weight is 448 g/mol. The Kier molecular flexibility index (Phi) is 6.07. The topological polar surface area (TPSA) is 116 Å². The van der Waals surface area contributed by atoms with E-state index in [1.807, 2.05) is 48.5 Å². The van der Waals surface area contributed by atoms with Gasteiger partial charge in [0.2, 0.25) is 5.91 Å². The van der Waals surface area contributed by atoms with Gasteiger partial charge in [-0.25, -0.2) is 9.59 Å². The fourth-order valence-electron chi connectivity index (χ4n) is 4.28. The van der Waals surface area contributed by atoms with Crippen LogP contribution in [0.1, 0.15) is 30.4 Å². The van der Waals surface area contributed by atoms with Crippen LogP contribution in [0.15, 0.2) is 48.5 Å². The van der Waals surface area contributed by atoms with Crippen LogP contribution < -0.4 is 5.32 Å². The number of carboxylic acid groups (broad SMARTS) is 1. The number of carbonyl (C=O) groups is 3. The number of aliphatic hydroxyl groups is 1. The van der Waals surface area contributed by atoms with Crippen LogP contribution in [0.3, 0.4) is 0 Å². The number of β-amino-alcohol motifs (C(OH)–C–C–N with tert-alkyl or cyclic N) is 1. The fraction of sp³-hybridized carbons (Fsp3) is 0.320. The molecule has 2 aliphatic rings. The largest absolute Gasteiger partial charge is 0.479 e. The molecule has 2 amide bonds. The summed E-state index contributed by atoms with van der Waals surface area (Å²) in [5, 5.41) is 21.5. The van der Waals surface area contributed by atoms with Gasteiger partial charge < -0.3 is 25.2 Å². The second kappa shape index (κ2) is 8.96. The van der Waals surface area contributed by atoms with Crippen molar-refractivity contribution in [2.45, 2.75) is 30.9 Å². The standard InChI is InChI=1S/C25H24N2O6/c1-2-3-12-21(22(28)27-14-25(32,15-27)23(29)30)26-24(31)33-13-20-18-10-6-4-8-16(18)17-9-5-7-11-19(17)20/h4-11,20-21,32H,12-15H2,1H3,(H,26,31)(H,29,30). The Morgan fingerprint density at radius 1 is 1.12 bits per heavy atom. The molecule has 1 fully saturated rings. The first kappa shape index (κ1) is 22.4. The molecule has 1 unspecified atom stereocenters. The molecule has 8 nitrogen and oxygen atoms in total. The maximum Gasteiger partial charge on any atom is 0.407 e. The molecule has 1 atom stereocenters. The van der Waals surface area contributed by atoms with E-state index in [0.717, 1.165) is 22.3 Å². The fourth-order valence-corrected chi connectivity index (χ4v) is 4.28. The minimum absolute atomic E-state index is 0.0432. The van der Waals surface area contributed by atoms with Crippen LogP contribution in [0.25, 0.3) is 11.1 Å². The van der Waals surface area contributed by atoms with Gasteiger partial charge in [-0.2, -0.15) is 0 Å². The number of hydrogen-bond acceptors (Lipinski definition) is 5. The van der Waals surface area contributed by atoms with Gasteiger partial charge in [0, 0.05) is 12.3 Å². The van der Waals surface area contributed by atoms with Crippen molar-refractivity contribution in [2.75, 3.05) is 19.7 Å². The number of carboxylic acids is 1. The van der Waals surface area contributed by atoms with Crippen molar-refractivity contribution in [3.63, 3.8) is 0 Å². The van der Waals surface area contributed by atoms with Crippen LogP contribution >= 0.6 is 0 Å². The molecular formula is C25H24N2O6. The van der Waals surface area contributed by atoms with Crippen LogP contribution in [0.2, 0.25) is 0 Å². The summed E-state index contributed by atoms with van der Waals surface area (Å²) < 4.78 is 5.50. The summed E-state index contributed by atoms with van der Waals surface area (Å²) in [6, 6.07) is 14.9. The predicted molar refractivity (Wildman–Crippen MR) is 119 cm³/mol. The van der Waals surface area contributed by atoms with Crippen LogP contribution in [0.5, 0.6) is 0 Å².